The fourth-order valence-corrected chi connectivity index (χ4v) is 2.90. The summed E-state index contributed by atoms with van der Waals surface area (Å²) < 4.78 is 37.0. The van der Waals surface area contributed by atoms with E-state index in [1.54, 1.807) is 13.1 Å². The van der Waals surface area contributed by atoms with Crippen molar-refractivity contribution >= 4 is 26.5 Å². The van der Waals surface area contributed by atoms with Gasteiger partial charge in [-0.3, -0.25) is 9.19 Å². The molecule has 1 atom stereocenters. The number of nitrogens with one attached hydrogen (secondary N) is 2. The molecule has 0 spiro atoms. The number of hydrogen-bond acceptors (Lipinski definition) is 5. The Kier molecular flexibility index (Phi) is 5.03. The van der Waals surface area contributed by atoms with Crippen molar-refractivity contribution < 1.29 is 12.6 Å². The summed E-state index contributed by atoms with van der Waals surface area (Å²) in [7, 11) is -3.00. The van der Waals surface area contributed by atoms with Crippen LogP contribution in [0.15, 0.2) is 23.4 Å². The highest BCUT2D eigenvalue weighted by atomic mass is 32.2. The Morgan fingerprint density at radius 3 is 2.76 bits per heavy atom. The summed E-state index contributed by atoms with van der Waals surface area (Å²) >= 11 is 0. The molecule has 0 radical (unpaired) electrons. The lowest BCUT2D eigenvalue weighted by molar-refractivity contribution is 0.584. The molecule has 0 fully saturated rings. The summed E-state index contributed by atoms with van der Waals surface area (Å²) in [6.45, 7) is 0.142. The molecule has 1 heterocycles. The normalized spacial score (nSPS) is 13.3. The molecule has 8 heteroatoms. The van der Waals surface area contributed by atoms with Gasteiger partial charge in [-0.05, 0) is 6.07 Å². The largest absolute Gasteiger partial charge is 0.387 e. The van der Waals surface area contributed by atoms with Crippen LogP contribution in [-0.2, 0) is 20.8 Å². The number of nitrogens with zero attached hydrogens (tertiary/aromatic N) is 1. The third kappa shape index (κ3) is 4.06. The minimum Gasteiger partial charge on any atom is -0.387 e. The molecule has 0 aliphatic carbocycles. The fraction of sp³-hybridized carbons (Fsp3) is 0.444. The van der Waals surface area contributed by atoms with Crippen LogP contribution in [0.5, 0.6) is 0 Å². The molecule has 0 amide bonds. The summed E-state index contributed by atoms with van der Waals surface area (Å²) in [6, 6.07) is 1.58. The van der Waals surface area contributed by atoms with E-state index in [1.807, 2.05) is 0 Å². The second kappa shape index (κ2) is 6.08. The summed E-state index contributed by atoms with van der Waals surface area (Å²) in [4.78, 5) is 3.87. The Hall–Kier alpha value is -0.990. The summed E-state index contributed by atoms with van der Waals surface area (Å²) in [5.41, 5.74) is 0.477. The highest BCUT2D eigenvalue weighted by molar-refractivity contribution is 7.89. The number of sulfonamides is 1. The molecule has 0 saturated heterocycles. The van der Waals surface area contributed by atoms with E-state index in [1.165, 1.54) is 18.6 Å². The Balaban J connectivity index is 2.86. The first-order chi connectivity index (χ1) is 7.97. The lowest BCUT2D eigenvalue weighted by Gasteiger charge is -2.09. The maximum Gasteiger partial charge on any atom is 0.244 e. The average Bonchev–Trinajstić information content (AvgIpc) is 2.28. The van der Waals surface area contributed by atoms with Crippen molar-refractivity contribution in [2.75, 3.05) is 30.9 Å². The molecule has 17 heavy (non-hydrogen) atoms. The van der Waals surface area contributed by atoms with Crippen molar-refractivity contribution in [1.82, 2.24) is 9.71 Å². The standard InChI is InChI=1S/C9H15N3O3S2/c1-10-8-3-4-11-7-9(8)17(14,15)12-5-6-16(2)13/h3-4,7,12H,5-6H2,1-2H3,(H,10,11). The van der Waals surface area contributed by atoms with Gasteiger partial charge in [0, 0.05) is 48.8 Å². The van der Waals surface area contributed by atoms with Crippen LogP contribution in [0.25, 0.3) is 0 Å². The van der Waals surface area contributed by atoms with Gasteiger partial charge in [0.05, 0.1) is 5.69 Å². The minimum atomic E-state index is -3.61. The quantitative estimate of drug-likeness (QED) is 0.750. The van der Waals surface area contributed by atoms with Gasteiger partial charge in [0.2, 0.25) is 10.0 Å². The molecule has 0 saturated carbocycles. The zero-order valence-corrected chi connectivity index (χ0v) is 11.3. The molecule has 0 aromatic carbocycles. The van der Waals surface area contributed by atoms with Gasteiger partial charge in [0.1, 0.15) is 4.90 Å². The summed E-state index contributed by atoms with van der Waals surface area (Å²) in [6.07, 6.45) is 4.31. The van der Waals surface area contributed by atoms with Crippen LogP contribution in [0.1, 0.15) is 0 Å². The topological polar surface area (TPSA) is 88.2 Å². The molecular weight excluding hydrogens is 262 g/mol. The molecule has 1 rings (SSSR count). The SMILES string of the molecule is CNc1ccncc1S(=O)(=O)NCCS(C)=O. The second-order valence-electron chi connectivity index (χ2n) is 3.30. The highest BCUT2D eigenvalue weighted by Gasteiger charge is 2.17. The van der Waals surface area contributed by atoms with Crippen LogP contribution >= 0.6 is 0 Å². The van der Waals surface area contributed by atoms with Crippen molar-refractivity contribution in [3.05, 3.63) is 18.5 Å². The Morgan fingerprint density at radius 2 is 2.18 bits per heavy atom. The van der Waals surface area contributed by atoms with Crippen LogP contribution in [0.4, 0.5) is 5.69 Å². The van der Waals surface area contributed by atoms with Crippen LogP contribution < -0.4 is 10.0 Å². The first-order valence-corrected chi connectivity index (χ1v) is 8.10. The third-order valence-corrected chi connectivity index (χ3v) is 4.29. The summed E-state index contributed by atoms with van der Waals surface area (Å²) in [5, 5.41) is 2.78. The van der Waals surface area contributed by atoms with Crippen molar-refractivity contribution in [3.8, 4) is 0 Å². The number of anilines is 1. The summed E-state index contributed by atoms with van der Waals surface area (Å²) in [5.74, 6) is 0.286. The van der Waals surface area contributed by atoms with Crippen molar-refractivity contribution in [3.63, 3.8) is 0 Å². The number of pyridine rings is 1. The molecule has 1 aromatic heterocycles. The lowest BCUT2D eigenvalue weighted by Crippen LogP contribution is -2.28. The van der Waals surface area contributed by atoms with E-state index in [2.05, 4.69) is 15.0 Å². The second-order valence-corrected chi connectivity index (χ2v) is 6.59. The Morgan fingerprint density at radius 1 is 1.47 bits per heavy atom. The molecule has 0 aliphatic heterocycles. The van der Waals surface area contributed by atoms with Crippen LogP contribution in [0.2, 0.25) is 0 Å². The zero-order chi connectivity index (χ0) is 12.9. The Bertz CT molecular complexity index is 502. The van der Waals surface area contributed by atoms with Gasteiger partial charge < -0.3 is 5.32 Å². The molecular formula is C9H15N3O3S2. The first-order valence-electron chi connectivity index (χ1n) is 4.89. The van der Waals surface area contributed by atoms with Gasteiger partial charge in [0.15, 0.2) is 0 Å². The maximum atomic E-state index is 11.9. The molecule has 1 unspecified atom stereocenters. The molecule has 6 nitrogen and oxygen atoms in total. The fourth-order valence-electron chi connectivity index (χ4n) is 1.20. The van der Waals surface area contributed by atoms with Crippen molar-refractivity contribution in [1.29, 1.82) is 0 Å². The van der Waals surface area contributed by atoms with Crippen LogP contribution in [0, 0.1) is 0 Å². The molecule has 1 aromatic rings. The van der Waals surface area contributed by atoms with E-state index < -0.39 is 20.8 Å². The van der Waals surface area contributed by atoms with Crippen molar-refractivity contribution in [2.45, 2.75) is 4.90 Å². The zero-order valence-electron chi connectivity index (χ0n) is 9.63. The minimum absolute atomic E-state index is 0.0874. The van der Waals surface area contributed by atoms with E-state index in [9.17, 15) is 12.6 Å². The van der Waals surface area contributed by atoms with Gasteiger partial charge in [-0.1, -0.05) is 0 Å². The molecule has 0 aliphatic rings. The number of aromatic nitrogens is 1. The number of rotatable bonds is 6. The van der Waals surface area contributed by atoms with Crippen LogP contribution in [0.3, 0.4) is 0 Å². The molecule has 0 bridgehead atoms. The van der Waals surface area contributed by atoms with Crippen molar-refractivity contribution in [2.24, 2.45) is 0 Å². The van der Waals surface area contributed by atoms with E-state index in [0.717, 1.165) is 0 Å². The maximum absolute atomic E-state index is 11.9. The van der Waals surface area contributed by atoms with Gasteiger partial charge in [-0.15, -0.1) is 0 Å². The predicted molar refractivity (Wildman–Crippen MR) is 67.9 cm³/mol. The average molecular weight is 277 g/mol. The van der Waals surface area contributed by atoms with E-state index in [0.29, 0.717) is 5.69 Å². The predicted octanol–water partition coefficient (Wildman–Crippen LogP) is -0.220. The Labute approximate surface area is 103 Å². The van der Waals surface area contributed by atoms with Gasteiger partial charge >= 0.3 is 0 Å². The first kappa shape index (κ1) is 14.1. The van der Waals surface area contributed by atoms with E-state index in [-0.39, 0.29) is 17.2 Å². The van der Waals surface area contributed by atoms with E-state index in [4.69, 9.17) is 0 Å². The highest BCUT2D eigenvalue weighted by Crippen LogP contribution is 2.18. The lowest BCUT2D eigenvalue weighted by atomic mass is 10.4. The van der Waals surface area contributed by atoms with E-state index >= 15 is 0 Å². The van der Waals surface area contributed by atoms with Gasteiger partial charge in [-0.2, -0.15) is 0 Å². The third-order valence-electron chi connectivity index (χ3n) is 2.02. The molecule has 2 N–H and O–H groups in total. The smallest absolute Gasteiger partial charge is 0.244 e. The van der Waals surface area contributed by atoms with Crippen LogP contribution in [-0.4, -0.2) is 43.2 Å². The van der Waals surface area contributed by atoms with Gasteiger partial charge in [0.25, 0.3) is 0 Å². The van der Waals surface area contributed by atoms with Gasteiger partial charge in [-0.25, -0.2) is 13.1 Å². The molecule has 96 valence electrons. The monoisotopic (exact) mass is 277 g/mol. The number of hydrogen-bond donors (Lipinski definition) is 2.